The van der Waals surface area contributed by atoms with Gasteiger partial charge in [0, 0.05) is 46.3 Å². The molecule has 1 heterocycles. The van der Waals surface area contributed by atoms with Crippen molar-refractivity contribution in [2.24, 2.45) is 10.9 Å². The summed E-state index contributed by atoms with van der Waals surface area (Å²) in [5.41, 5.74) is 1.38. The smallest absolute Gasteiger partial charge is 0.243 e. The van der Waals surface area contributed by atoms with E-state index >= 15 is 0 Å². The van der Waals surface area contributed by atoms with Crippen molar-refractivity contribution in [3.63, 3.8) is 0 Å². The molecule has 1 aliphatic heterocycles. The predicted molar refractivity (Wildman–Crippen MR) is 123 cm³/mol. The highest BCUT2D eigenvalue weighted by atomic mass is 16.2. The fourth-order valence-electron chi connectivity index (χ4n) is 4.34. The third kappa shape index (κ3) is 7.63. The molecule has 3 rings (SSSR count). The molecule has 1 saturated carbocycles. The van der Waals surface area contributed by atoms with Crippen LogP contribution in [0.15, 0.2) is 35.3 Å². The van der Waals surface area contributed by atoms with Crippen molar-refractivity contribution in [2.75, 3.05) is 40.3 Å². The first-order valence-corrected chi connectivity index (χ1v) is 11.6. The highest BCUT2D eigenvalue weighted by molar-refractivity contribution is 5.84. The number of amides is 1. The molecule has 30 heavy (non-hydrogen) atoms. The zero-order valence-corrected chi connectivity index (χ0v) is 18.8. The third-order valence-electron chi connectivity index (χ3n) is 6.33. The van der Waals surface area contributed by atoms with Gasteiger partial charge in [-0.25, -0.2) is 4.99 Å². The first-order chi connectivity index (χ1) is 14.6. The van der Waals surface area contributed by atoms with E-state index in [1.807, 2.05) is 0 Å². The molecule has 0 spiro atoms. The third-order valence-corrected chi connectivity index (χ3v) is 6.33. The van der Waals surface area contributed by atoms with E-state index in [2.05, 4.69) is 50.9 Å². The largest absolute Gasteiger partial charge is 0.356 e. The molecule has 0 radical (unpaired) electrons. The Balaban J connectivity index is 1.49. The summed E-state index contributed by atoms with van der Waals surface area (Å²) in [6.07, 6.45) is 8.84. The molecule has 0 atom stereocenters. The molecule has 2 fully saturated rings. The summed E-state index contributed by atoms with van der Waals surface area (Å²) in [6, 6.07) is 11.1. The fraction of sp³-hybridized carbons (Fsp3) is 0.667. The maximum atomic E-state index is 12.0. The minimum absolute atomic E-state index is 0.0337. The zero-order chi connectivity index (χ0) is 21.2. The van der Waals surface area contributed by atoms with Gasteiger partial charge in [-0.15, -0.1) is 0 Å². The summed E-state index contributed by atoms with van der Waals surface area (Å²) in [7, 11) is 3.56. The number of likely N-dealkylation sites (tertiary alicyclic amines) is 1. The Morgan fingerprint density at radius 1 is 1.07 bits per heavy atom. The Bertz CT molecular complexity index is 661. The summed E-state index contributed by atoms with van der Waals surface area (Å²) in [6.45, 7) is 4.33. The molecule has 0 unspecified atom stereocenters. The molecule has 2 aliphatic rings. The number of aliphatic imine (C=N–C) groups is 1. The SMILES string of the molecule is CN(C)C(=O)CN=C(NCC1CCCCC1)NC1CCN(Cc2ccccc2)CC1. The molecule has 0 bridgehead atoms. The van der Waals surface area contributed by atoms with Crippen LogP contribution in [0.25, 0.3) is 0 Å². The van der Waals surface area contributed by atoms with Gasteiger partial charge in [-0.2, -0.15) is 0 Å². The number of hydrogen-bond acceptors (Lipinski definition) is 3. The standard InChI is InChI=1S/C24H39N5O/c1-28(2)23(30)18-26-24(25-17-20-9-5-3-6-10-20)27-22-13-15-29(16-14-22)19-21-11-7-4-8-12-21/h4,7-8,11-12,20,22H,3,5-6,9-10,13-19H2,1-2H3,(H2,25,26,27). The quantitative estimate of drug-likeness (QED) is 0.533. The summed E-state index contributed by atoms with van der Waals surface area (Å²) >= 11 is 0. The lowest BCUT2D eigenvalue weighted by Crippen LogP contribution is -2.49. The molecule has 1 aromatic carbocycles. The lowest BCUT2D eigenvalue weighted by Gasteiger charge is -2.33. The lowest BCUT2D eigenvalue weighted by atomic mass is 9.89. The first-order valence-electron chi connectivity index (χ1n) is 11.6. The average molecular weight is 414 g/mol. The van der Waals surface area contributed by atoms with Crippen LogP contribution in [-0.4, -0.2) is 68.0 Å². The minimum atomic E-state index is 0.0337. The molecule has 1 amide bonds. The molecular formula is C24H39N5O. The molecule has 6 heteroatoms. The van der Waals surface area contributed by atoms with Crippen molar-refractivity contribution in [1.29, 1.82) is 0 Å². The van der Waals surface area contributed by atoms with Gasteiger partial charge in [-0.05, 0) is 37.2 Å². The molecule has 2 N–H and O–H groups in total. The topological polar surface area (TPSA) is 60.0 Å². The second-order valence-electron chi connectivity index (χ2n) is 9.02. The molecule has 1 saturated heterocycles. The summed E-state index contributed by atoms with van der Waals surface area (Å²) in [5.74, 6) is 1.56. The second kappa shape index (κ2) is 11.9. The van der Waals surface area contributed by atoms with Crippen LogP contribution in [0.5, 0.6) is 0 Å². The number of piperidine rings is 1. The number of carbonyl (C=O) groups excluding carboxylic acids is 1. The fourth-order valence-corrected chi connectivity index (χ4v) is 4.34. The summed E-state index contributed by atoms with van der Waals surface area (Å²) in [5, 5.41) is 7.15. The van der Waals surface area contributed by atoms with Crippen LogP contribution >= 0.6 is 0 Å². The minimum Gasteiger partial charge on any atom is -0.356 e. The van der Waals surface area contributed by atoms with E-state index in [1.165, 1.54) is 37.7 Å². The van der Waals surface area contributed by atoms with E-state index in [4.69, 9.17) is 0 Å². The van der Waals surface area contributed by atoms with Crippen molar-refractivity contribution in [2.45, 2.75) is 57.5 Å². The number of guanidine groups is 1. The van der Waals surface area contributed by atoms with Gasteiger partial charge in [0.05, 0.1) is 0 Å². The van der Waals surface area contributed by atoms with Crippen molar-refractivity contribution >= 4 is 11.9 Å². The van der Waals surface area contributed by atoms with Gasteiger partial charge in [0.25, 0.3) is 0 Å². The van der Waals surface area contributed by atoms with Crippen molar-refractivity contribution in [1.82, 2.24) is 20.4 Å². The van der Waals surface area contributed by atoms with E-state index in [0.29, 0.717) is 6.04 Å². The van der Waals surface area contributed by atoms with Crippen LogP contribution in [0, 0.1) is 5.92 Å². The van der Waals surface area contributed by atoms with Gasteiger partial charge in [0.2, 0.25) is 5.91 Å². The molecule has 1 aromatic rings. The number of nitrogens with one attached hydrogen (secondary N) is 2. The molecule has 0 aromatic heterocycles. The van der Waals surface area contributed by atoms with Crippen LogP contribution in [0.3, 0.4) is 0 Å². The predicted octanol–water partition coefficient (Wildman–Crippen LogP) is 2.85. The number of rotatable bonds is 7. The van der Waals surface area contributed by atoms with Crippen molar-refractivity contribution in [3.8, 4) is 0 Å². The Kier molecular flexibility index (Phi) is 9.00. The zero-order valence-electron chi connectivity index (χ0n) is 18.8. The number of hydrogen-bond donors (Lipinski definition) is 2. The molecule has 166 valence electrons. The van der Waals surface area contributed by atoms with Crippen molar-refractivity contribution in [3.05, 3.63) is 35.9 Å². The van der Waals surface area contributed by atoms with Crippen LogP contribution in [0.1, 0.15) is 50.5 Å². The van der Waals surface area contributed by atoms with Crippen LogP contribution < -0.4 is 10.6 Å². The number of nitrogens with zero attached hydrogens (tertiary/aromatic N) is 3. The highest BCUT2D eigenvalue weighted by Crippen LogP contribution is 2.22. The van der Waals surface area contributed by atoms with Gasteiger partial charge in [0.1, 0.15) is 6.54 Å². The van der Waals surface area contributed by atoms with Gasteiger partial charge in [-0.1, -0.05) is 49.6 Å². The monoisotopic (exact) mass is 413 g/mol. The Hall–Kier alpha value is -2.08. The maximum absolute atomic E-state index is 12.0. The second-order valence-corrected chi connectivity index (χ2v) is 9.02. The average Bonchev–Trinajstić information content (AvgIpc) is 2.78. The van der Waals surface area contributed by atoms with Gasteiger partial charge >= 0.3 is 0 Å². The van der Waals surface area contributed by atoms with E-state index in [-0.39, 0.29) is 12.5 Å². The van der Waals surface area contributed by atoms with Gasteiger partial charge < -0.3 is 15.5 Å². The maximum Gasteiger partial charge on any atom is 0.243 e. The number of likely N-dealkylation sites (N-methyl/N-ethyl adjacent to an activating group) is 1. The summed E-state index contributed by atoms with van der Waals surface area (Å²) in [4.78, 5) is 20.7. The van der Waals surface area contributed by atoms with Crippen molar-refractivity contribution < 1.29 is 4.79 Å². The Labute approximate surface area is 182 Å². The normalized spacial score (nSPS) is 19.5. The summed E-state index contributed by atoms with van der Waals surface area (Å²) < 4.78 is 0. The number of benzene rings is 1. The van der Waals surface area contributed by atoms with Crippen LogP contribution in [0.2, 0.25) is 0 Å². The van der Waals surface area contributed by atoms with E-state index in [0.717, 1.165) is 50.9 Å². The Morgan fingerprint density at radius 2 is 1.77 bits per heavy atom. The van der Waals surface area contributed by atoms with E-state index in [1.54, 1.807) is 19.0 Å². The number of carbonyl (C=O) groups is 1. The molecule has 6 nitrogen and oxygen atoms in total. The Morgan fingerprint density at radius 3 is 2.43 bits per heavy atom. The van der Waals surface area contributed by atoms with Crippen LogP contribution in [-0.2, 0) is 11.3 Å². The van der Waals surface area contributed by atoms with E-state index < -0.39 is 0 Å². The van der Waals surface area contributed by atoms with E-state index in [9.17, 15) is 4.79 Å². The highest BCUT2D eigenvalue weighted by Gasteiger charge is 2.21. The van der Waals surface area contributed by atoms with Gasteiger partial charge in [0.15, 0.2) is 5.96 Å². The lowest BCUT2D eigenvalue weighted by molar-refractivity contribution is -0.127. The van der Waals surface area contributed by atoms with Gasteiger partial charge in [-0.3, -0.25) is 9.69 Å². The molecule has 1 aliphatic carbocycles. The molecular weight excluding hydrogens is 374 g/mol. The van der Waals surface area contributed by atoms with Crippen LogP contribution in [0.4, 0.5) is 0 Å². The first kappa shape index (κ1) is 22.6.